The highest BCUT2D eigenvalue weighted by atomic mass is 16.5. The number of aldehydes is 1. The molecule has 3 unspecified atom stereocenters. The van der Waals surface area contributed by atoms with Crippen LogP contribution < -0.4 is 0 Å². The second-order valence-corrected chi connectivity index (χ2v) is 5.53. The zero-order valence-electron chi connectivity index (χ0n) is 12.8. The van der Waals surface area contributed by atoms with E-state index in [-0.39, 0.29) is 12.1 Å². The van der Waals surface area contributed by atoms with Crippen LogP contribution in [0.4, 0.5) is 0 Å². The first-order valence-corrected chi connectivity index (χ1v) is 7.65. The lowest BCUT2D eigenvalue weighted by atomic mass is 10.0. The van der Waals surface area contributed by atoms with Gasteiger partial charge in [-0.1, -0.05) is 37.3 Å². The molecule has 1 aliphatic rings. The highest BCUT2D eigenvalue weighted by molar-refractivity contribution is 5.80. The van der Waals surface area contributed by atoms with E-state index in [1.54, 1.807) is 0 Å². The summed E-state index contributed by atoms with van der Waals surface area (Å²) in [5.74, 6) is 0. The van der Waals surface area contributed by atoms with Crippen LogP contribution in [-0.4, -0.2) is 35.7 Å². The third kappa shape index (κ3) is 3.77. The minimum atomic E-state index is -0.471. The molecule has 0 aromatic heterocycles. The summed E-state index contributed by atoms with van der Waals surface area (Å²) in [6, 6.07) is 10.2. The van der Waals surface area contributed by atoms with Crippen molar-refractivity contribution in [2.24, 2.45) is 0 Å². The van der Waals surface area contributed by atoms with Gasteiger partial charge in [0, 0.05) is 18.3 Å². The van der Waals surface area contributed by atoms with Gasteiger partial charge >= 0.3 is 0 Å². The summed E-state index contributed by atoms with van der Waals surface area (Å²) in [7, 11) is 0. The third-order valence-corrected chi connectivity index (χ3v) is 4.14. The van der Waals surface area contributed by atoms with E-state index < -0.39 is 6.23 Å². The molecule has 0 radical (unpaired) electrons. The number of hydrogen-bond acceptors (Lipinski definition) is 4. The van der Waals surface area contributed by atoms with Crippen LogP contribution in [0.25, 0.3) is 0 Å². The van der Waals surface area contributed by atoms with Crippen molar-refractivity contribution in [1.82, 2.24) is 4.90 Å². The summed E-state index contributed by atoms with van der Waals surface area (Å²) >= 11 is 0. The van der Waals surface area contributed by atoms with E-state index in [2.05, 4.69) is 11.8 Å². The number of carbonyl (C=O) groups is 1. The first-order valence-electron chi connectivity index (χ1n) is 7.65. The molecular formula is C17H24N2O2. The maximum absolute atomic E-state index is 11.3. The lowest BCUT2D eigenvalue weighted by molar-refractivity contribution is -0.123. The van der Waals surface area contributed by atoms with E-state index in [4.69, 9.17) is 10.1 Å². The fraction of sp³-hybridized carbons (Fsp3) is 0.529. The SMILES string of the molecule is CCC(=N)CCCN1C(C=O)OC(c2ccccc2)C1C. The molecule has 0 spiro atoms. The zero-order chi connectivity index (χ0) is 15.2. The molecule has 0 bridgehead atoms. The molecule has 1 saturated heterocycles. The number of ether oxygens (including phenoxy) is 1. The van der Waals surface area contributed by atoms with Gasteiger partial charge in [-0.3, -0.25) is 9.69 Å². The molecule has 3 atom stereocenters. The molecule has 1 aliphatic heterocycles. The van der Waals surface area contributed by atoms with E-state index in [1.165, 1.54) is 0 Å². The molecular weight excluding hydrogens is 264 g/mol. The van der Waals surface area contributed by atoms with Gasteiger partial charge < -0.3 is 10.1 Å². The Labute approximate surface area is 126 Å². The lowest BCUT2D eigenvalue weighted by Gasteiger charge is -2.24. The molecule has 4 nitrogen and oxygen atoms in total. The highest BCUT2D eigenvalue weighted by Crippen LogP contribution is 2.34. The molecule has 0 saturated carbocycles. The largest absolute Gasteiger partial charge is 0.346 e. The van der Waals surface area contributed by atoms with Crippen molar-refractivity contribution < 1.29 is 9.53 Å². The number of carbonyl (C=O) groups excluding carboxylic acids is 1. The van der Waals surface area contributed by atoms with Crippen LogP contribution in [0.5, 0.6) is 0 Å². The Morgan fingerprint density at radius 2 is 2.10 bits per heavy atom. The van der Waals surface area contributed by atoms with Crippen molar-refractivity contribution in [3.8, 4) is 0 Å². The van der Waals surface area contributed by atoms with Crippen LogP contribution in [0.1, 0.15) is 44.8 Å². The molecule has 1 heterocycles. The second-order valence-electron chi connectivity index (χ2n) is 5.53. The Morgan fingerprint density at radius 1 is 1.38 bits per heavy atom. The Kier molecular flexibility index (Phi) is 5.65. The predicted octanol–water partition coefficient (Wildman–Crippen LogP) is 3.18. The van der Waals surface area contributed by atoms with E-state index in [0.717, 1.165) is 43.4 Å². The molecule has 1 fully saturated rings. The fourth-order valence-corrected chi connectivity index (χ4v) is 2.84. The fourth-order valence-electron chi connectivity index (χ4n) is 2.84. The van der Waals surface area contributed by atoms with Crippen LogP contribution in [0, 0.1) is 5.41 Å². The van der Waals surface area contributed by atoms with Gasteiger partial charge in [0.25, 0.3) is 0 Å². The first-order chi connectivity index (χ1) is 10.2. The number of hydrogen-bond donors (Lipinski definition) is 1. The number of nitrogens with one attached hydrogen (secondary N) is 1. The van der Waals surface area contributed by atoms with E-state index >= 15 is 0 Å². The number of nitrogens with zero attached hydrogens (tertiary/aromatic N) is 1. The normalized spacial score (nSPS) is 25.9. The smallest absolute Gasteiger partial charge is 0.168 e. The minimum absolute atomic E-state index is 0.0629. The van der Waals surface area contributed by atoms with Crippen molar-refractivity contribution in [3.63, 3.8) is 0 Å². The van der Waals surface area contributed by atoms with Gasteiger partial charge in [-0.25, -0.2) is 0 Å². The Bertz CT molecular complexity index is 475. The summed E-state index contributed by atoms with van der Waals surface area (Å²) < 4.78 is 5.91. The second kappa shape index (κ2) is 7.48. The van der Waals surface area contributed by atoms with Crippen molar-refractivity contribution in [3.05, 3.63) is 35.9 Å². The van der Waals surface area contributed by atoms with Gasteiger partial charge in [0.05, 0.1) is 0 Å². The van der Waals surface area contributed by atoms with E-state index in [9.17, 15) is 4.79 Å². The summed E-state index contributed by atoms with van der Waals surface area (Å²) in [6.07, 6.45) is 2.83. The van der Waals surface area contributed by atoms with Crippen LogP contribution in [0.2, 0.25) is 0 Å². The Balaban J connectivity index is 2.00. The summed E-state index contributed by atoms with van der Waals surface area (Å²) in [4.78, 5) is 13.4. The summed E-state index contributed by atoms with van der Waals surface area (Å²) in [5.41, 5.74) is 1.88. The molecule has 4 heteroatoms. The Morgan fingerprint density at radius 3 is 2.71 bits per heavy atom. The summed E-state index contributed by atoms with van der Waals surface area (Å²) in [5, 5.41) is 7.71. The van der Waals surface area contributed by atoms with Gasteiger partial charge in [0.1, 0.15) is 6.10 Å². The molecule has 1 N–H and O–H groups in total. The molecule has 2 rings (SSSR count). The Hall–Kier alpha value is -1.52. The maximum Gasteiger partial charge on any atom is 0.168 e. The van der Waals surface area contributed by atoms with Gasteiger partial charge in [0.15, 0.2) is 12.5 Å². The van der Waals surface area contributed by atoms with Gasteiger partial charge in [-0.2, -0.15) is 0 Å². The van der Waals surface area contributed by atoms with Crippen LogP contribution in [0.3, 0.4) is 0 Å². The van der Waals surface area contributed by atoms with E-state index in [1.807, 2.05) is 37.3 Å². The topological polar surface area (TPSA) is 53.4 Å². The molecule has 0 aliphatic carbocycles. The number of rotatable bonds is 7. The van der Waals surface area contributed by atoms with Crippen LogP contribution >= 0.6 is 0 Å². The zero-order valence-corrected chi connectivity index (χ0v) is 12.8. The molecule has 1 aromatic carbocycles. The minimum Gasteiger partial charge on any atom is -0.346 e. The highest BCUT2D eigenvalue weighted by Gasteiger charge is 2.39. The average Bonchev–Trinajstić information content (AvgIpc) is 2.84. The lowest BCUT2D eigenvalue weighted by Crippen LogP contribution is -2.37. The number of benzene rings is 1. The van der Waals surface area contributed by atoms with Crippen LogP contribution in [0.15, 0.2) is 30.3 Å². The first kappa shape index (κ1) is 15.9. The van der Waals surface area contributed by atoms with Gasteiger partial charge in [0.2, 0.25) is 0 Å². The van der Waals surface area contributed by atoms with Crippen LogP contribution in [-0.2, 0) is 9.53 Å². The maximum atomic E-state index is 11.3. The molecule has 21 heavy (non-hydrogen) atoms. The summed E-state index contributed by atoms with van der Waals surface area (Å²) in [6.45, 7) is 4.90. The molecule has 1 aromatic rings. The third-order valence-electron chi connectivity index (χ3n) is 4.14. The van der Waals surface area contributed by atoms with Crippen molar-refractivity contribution in [1.29, 1.82) is 5.41 Å². The molecule has 114 valence electrons. The van der Waals surface area contributed by atoms with Crippen molar-refractivity contribution >= 4 is 12.0 Å². The van der Waals surface area contributed by atoms with E-state index in [0.29, 0.717) is 0 Å². The van der Waals surface area contributed by atoms with Gasteiger partial charge in [-0.15, -0.1) is 0 Å². The van der Waals surface area contributed by atoms with Crippen molar-refractivity contribution in [2.45, 2.75) is 51.5 Å². The van der Waals surface area contributed by atoms with Gasteiger partial charge in [-0.05, 0) is 31.7 Å². The monoisotopic (exact) mass is 288 g/mol. The average molecular weight is 288 g/mol. The molecule has 0 amide bonds. The van der Waals surface area contributed by atoms with Crippen molar-refractivity contribution in [2.75, 3.05) is 6.54 Å². The standard InChI is InChI=1S/C17H24N2O2/c1-3-15(18)10-7-11-19-13(2)17(21-16(19)12-20)14-8-5-4-6-9-14/h4-6,8-9,12-13,16-18H,3,7,10-11H2,1-2H3. The quantitative estimate of drug-likeness (QED) is 0.619. The predicted molar refractivity (Wildman–Crippen MR) is 83.5 cm³/mol.